The van der Waals surface area contributed by atoms with E-state index in [0.717, 1.165) is 11.1 Å². The van der Waals surface area contributed by atoms with Gasteiger partial charge in [0.15, 0.2) is 5.78 Å². The third-order valence-electron chi connectivity index (χ3n) is 4.10. The number of carbonyl (C=O) groups is 2. The van der Waals surface area contributed by atoms with Gasteiger partial charge in [-0.25, -0.2) is 0 Å². The van der Waals surface area contributed by atoms with Crippen LogP contribution in [0.25, 0.3) is 6.08 Å². The molecule has 3 nitrogen and oxygen atoms in total. The number of allylic oxidation sites excluding steroid dienone is 1. The molecule has 1 amide bonds. The molecule has 1 aliphatic heterocycles. The molecule has 120 valence electrons. The summed E-state index contributed by atoms with van der Waals surface area (Å²) in [6.07, 6.45) is 5.65. The minimum atomic E-state index is -0.655. The first-order chi connectivity index (χ1) is 11.6. The summed E-state index contributed by atoms with van der Waals surface area (Å²) >= 11 is 0. The second-order valence-corrected chi connectivity index (χ2v) is 5.89. The number of benzene rings is 2. The van der Waals surface area contributed by atoms with Crippen molar-refractivity contribution >= 4 is 17.8 Å². The van der Waals surface area contributed by atoms with E-state index in [-0.39, 0.29) is 11.7 Å². The molecular weight excluding hydrogens is 298 g/mol. The lowest BCUT2D eigenvalue weighted by Gasteiger charge is -2.26. The van der Waals surface area contributed by atoms with Crippen LogP contribution in [0.15, 0.2) is 78.6 Å². The van der Waals surface area contributed by atoms with Crippen LogP contribution < -0.4 is 0 Å². The van der Waals surface area contributed by atoms with Gasteiger partial charge >= 0.3 is 0 Å². The zero-order valence-corrected chi connectivity index (χ0v) is 13.6. The smallest absolute Gasteiger partial charge is 0.241 e. The number of amides is 1. The van der Waals surface area contributed by atoms with Crippen molar-refractivity contribution in [1.29, 1.82) is 0 Å². The van der Waals surface area contributed by atoms with Crippen molar-refractivity contribution in [2.24, 2.45) is 5.92 Å². The molecule has 0 N–H and O–H groups in total. The molecule has 1 unspecified atom stereocenters. The minimum absolute atomic E-state index is 0.0896. The lowest BCUT2D eigenvalue weighted by Crippen LogP contribution is -2.39. The fourth-order valence-corrected chi connectivity index (χ4v) is 2.78. The number of hydrogen-bond acceptors (Lipinski definition) is 2. The molecule has 0 aromatic heterocycles. The average Bonchev–Trinajstić information content (AvgIpc) is 2.62. The highest BCUT2D eigenvalue weighted by atomic mass is 16.2. The quantitative estimate of drug-likeness (QED) is 0.804. The van der Waals surface area contributed by atoms with E-state index in [4.69, 9.17) is 0 Å². The second kappa shape index (κ2) is 7.09. The summed E-state index contributed by atoms with van der Waals surface area (Å²) in [6.45, 7) is 1.76. The highest BCUT2D eigenvalue weighted by molar-refractivity contribution is 6.12. The summed E-state index contributed by atoms with van der Waals surface area (Å²) in [5, 5.41) is 0. The number of ketones is 1. The zero-order valence-electron chi connectivity index (χ0n) is 13.6. The Bertz CT molecular complexity index is 791. The number of rotatable bonds is 4. The van der Waals surface area contributed by atoms with E-state index in [0.29, 0.717) is 12.0 Å². The van der Waals surface area contributed by atoms with E-state index in [9.17, 15) is 9.59 Å². The standard InChI is InChI=1S/C21H19NO2/c1-16-15-22(13-12-17-8-4-2-5-9-17)21(24)19(20(16)23)14-18-10-6-3-7-11-18/h2-13,15,19H,14H2,1H3/b13-12+. The summed E-state index contributed by atoms with van der Waals surface area (Å²) in [5.74, 6) is -0.923. The Morgan fingerprint density at radius 3 is 2.25 bits per heavy atom. The number of nitrogens with zero attached hydrogens (tertiary/aromatic N) is 1. The number of hydrogen-bond donors (Lipinski definition) is 0. The number of Topliss-reactive ketones (excluding diaryl/α,β-unsaturated/α-hetero) is 1. The van der Waals surface area contributed by atoms with Gasteiger partial charge in [-0.2, -0.15) is 0 Å². The summed E-state index contributed by atoms with van der Waals surface area (Å²) < 4.78 is 0. The maximum atomic E-state index is 12.7. The molecule has 0 saturated heterocycles. The van der Waals surface area contributed by atoms with E-state index >= 15 is 0 Å². The van der Waals surface area contributed by atoms with Crippen LogP contribution in [0.3, 0.4) is 0 Å². The Hall–Kier alpha value is -2.94. The van der Waals surface area contributed by atoms with Crippen LogP contribution in [-0.4, -0.2) is 16.6 Å². The highest BCUT2D eigenvalue weighted by Crippen LogP contribution is 2.23. The van der Waals surface area contributed by atoms with Gasteiger partial charge in [-0.15, -0.1) is 0 Å². The van der Waals surface area contributed by atoms with Gasteiger partial charge in [0.05, 0.1) is 0 Å². The molecule has 1 heterocycles. The maximum absolute atomic E-state index is 12.7. The molecule has 0 fully saturated rings. The molecule has 1 atom stereocenters. The van der Waals surface area contributed by atoms with Gasteiger partial charge in [0.25, 0.3) is 0 Å². The van der Waals surface area contributed by atoms with Gasteiger partial charge in [0.1, 0.15) is 5.92 Å². The Kier molecular flexibility index (Phi) is 4.71. The summed E-state index contributed by atoms with van der Waals surface area (Å²) in [5.41, 5.74) is 2.60. The van der Waals surface area contributed by atoms with E-state index in [1.165, 1.54) is 4.90 Å². The molecule has 0 radical (unpaired) electrons. The van der Waals surface area contributed by atoms with Crippen molar-refractivity contribution in [3.8, 4) is 0 Å². The van der Waals surface area contributed by atoms with E-state index < -0.39 is 5.92 Å². The largest absolute Gasteiger partial charge is 0.294 e. The van der Waals surface area contributed by atoms with Gasteiger partial charge in [-0.3, -0.25) is 14.5 Å². The summed E-state index contributed by atoms with van der Waals surface area (Å²) in [6, 6.07) is 19.4. The molecule has 0 aliphatic carbocycles. The van der Waals surface area contributed by atoms with Crippen molar-refractivity contribution in [3.05, 3.63) is 89.8 Å². The third-order valence-corrected chi connectivity index (χ3v) is 4.10. The van der Waals surface area contributed by atoms with E-state index in [1.807, 2.05) is 66.7 Å². The van der Waals surface area contributed by atoms with Gasteiger partial charge in [-0.1, -0.05) is 60.7 Å². The fraction of sp³-hybridized carbons (Fsp3) is 0.143. The average molecular weight is 317 g/mol. The summed E-state index contributed by atoms with van der Waals surface area (Å²) in [7, 11) is 0. The van der Waals surface area contributed by atoms with Crippen LogP contribution >= 0.6 is 0 Å². The van der Waals surface area contributed by atoms with Crippen molar-refractivity contribution in [2.45, 2.75) is 13.3 Å². The predicted molar refractivity (Wildman–Crippen MR) is 94.7 cm³/mol. The molecule has 24 heavy (non-hydrogen) atoms. The van der Waals surface area contributed by atoms with Crippen LogP contribution in [0, 0.1) is 5.92 Å². The van der Waals surface area contributed by atoms with Gasteiger partial charge < -0.3 is 0 Å². The van der Waals surface area contributed by atoms with Crippen molar-refractivity contribution in [2.75, 3.05) is 0 Å². The van der Waals surface area contributed by atoms with Crippen LogP contribution in [0.2, 0.25) is 0 Å². The molecule has 2 aromatic rings. The van der Waals surface area contributed by atoms with E-state index in [1.54, 1.807) is 19.3 Å². The first kappa shape index (κ1) is 15.9. The van der Waals surface area contributed by atoms with E-state index in [2.05, 4.69) is 0 Å². The molecule has 0 bridgehead atoms. The first-order valence-electron chi connectivity index (χ1n) is 7.97. The molecule has 3 rings (SSSR count). The highest BCUT2D eigenvalue weighted by Gasteiger charge is 2.34. The van der Waals surface area contributed by atoms with Crippen LogP contribution in [0.1, 0.15) is 18.1 Å². The molecule has 3 heteroatoms. The second-order valence-electron chi connectivity index (χ2n) is 5.89. The van der Waals surface area contributed by atoms with Crippen molar-refractivity contribution < 1.29 is 9.59 Å². The SMILES string of the molecule is CC1=CN(/C=C/c2ccccc2)C(=O)C(Cc2ccccc2)C1=O. The Morgan fingerprint density at radius 2 is 1.58 bits per heavy atom. The van der Waals surface area contributed by atoms with Crippen LogP contribution in [-0.2, 0) is 16.0 Å². The molecule has 2 aromatic carbocycles. The molecule has 1 aliphatic rings. The fourth-order valence-electron chi connectivity index (χ4n) is 2.78. The van der Waals surface area contributed by atoms with Gasteiger partial charge in [0.2, 0.25) is 5.91 Å². The third kappa shape index (κ3) is 3.51. The monoisotopic (exact) mass is 317 g/mol. The zero-order chi connectivity index (χ0) is 16.9. The lowest BCUT2D eigenvalue weighted by molar-refractivity contribution is -0.137. The Labute approximate surface area is 141 Å². The van der Waals surface area contributed by atoms with Crippen LogP contribution in [0.5, 0.6) is 0 Å². The molecule has 0 spiro atoms. The first-order valence-corrected chi connectivity index (χ1v) is 7.97. The Morgan fingerprint density at radius 1 is 0.958 bits per heavy atom. The van der Waals surface area contributed by atoms with Crippen molar-refractivity contribution in [1.82, 2.24) is 4.90 Å². The predicted octanol–water partition coefficient (Wildman–Crippen LogP) is 3.83. The van der Waals surface area contributed by atoms with Crippen LogP contribution in [0.4, 0.5) is 0 Å². The van der Waals surface area contributed by atoms with Gasteiger partial charge in [-0.05, 0) is 30.5 Å². The normalized spacial score (nSPS) is 18.1. The molecular formula is C21H19NO2. The topological polar surface area (TPSA) is 37.4 Å². The van der Waals surface area contributed by atoms with Crippen molar-refractivity contribution in [3.63, 3.8) is 0 Å². The summed E-state index contributed by atoms with van der Waals surface area (Å²) in [4.78, 5) is 26.7. The molecule has 0 saturated carbocycles. The maximum Gasteiger partial charge on any atom is 0.241 e. The lowest BCUT2D eigenvalue weighted by atomic mass is 9.88. The van der Waals surface area contributed by atoms with Gasteiger partial charge in [0, 0.05) is 18.0 Å². The number of carbonyl (C=O) groups excluding carboxylic acids is 2. The Balaban J connectivity index is 1.82. The minimum Gasteiger partial charge on any atom is -0.294 e.